The molecule has 2 N–H and O–H groups in total. The van der Waals surface area contributed by atoms with Gasteiger partial charge >= 0.3 is 0 Å². The first-order chi connectivity index (χ1) is 8.65. The quantitative estimate of drug-likeness (QED) is 0.852. The third kappa shape index (κ3) is 3.37. The summed E-state index contributed by atoms with van der Waals surface area (Å²) in [4.78, 5) is 11.6. The Kier molecular flexibility index (Phi) is 4.04. The largest absolute Gasteiger partial charge is 0.486 e. The lowest BCUT2D eigenvalue weighted by Crippen LogP contribution is -2.17. The number of ether oxygens (including phenoxy) is 2. The molecular formula is C13H17NO4. The molecule has 0 saturated carbocycles. The van der Waals surface area contributed by atoms with E-state index in [1.165, 1.54) is 0 Å². The van der Waals surface area contributed by atoms with Crippen LogP contribution in [0.25, 0.3) is 0 Å². The molecule has 1 aliphatic heterocycles. The van der Waals surface area contributed by atoms with E-state index in [1.54, 1.807) is 25.1 Å². The Morgan fingerprint density at radius 2 is 2.11 bits per heavy atom. The van der Waals surface area contributed by atoms with E-state index in [4.69, 9.17) is 14.6 Å². The van der Waals surface area contributed by atoms with Gasteiger partial charge in [0.2, 0.25) is 5.91 Å². The minimum absolute atomic E-state index is 0.118. The van der Waals surface area contributed by atoms with Gasteiger partial charge in [0.05, 0.1) is 6.10 Å². The lowest BCUT2D eigenvalue weighted by Gasteiger charge is -2.19. The highest BCUT2D eigenvalue weighted by atomic mass is 16.6. The Bertz CT molecular complexity index is 431. The number of carbonyl (C=O) groups is 1. The van der Waals surface area contributed by atoms with Crippen molar-refractivity contribution in [2.24, 2.45) is 0 Å². The second-order valence-electron chi connectivity index (χ2n) is 4.29. The molecule has 5 nitrogen and oxygen atoms in total. The zero-order valence-electron chi connectivity index (χ0n) is 10.3. The van der Waals surface area contributed by atoms with Gasteiger partial charge in [0.25, 0.3) is 0 Å². The second kappa shape index (κ2) is 5.73. The Hall–Kier alpha value is -1.75. The molecule has 1 unspecified atom stereocenters. The van der Waals surface area contributed by atoms with Crippen LogP contribution in [0.5, 0.6) is 11.5 Å². The summed E-state index contributed by atoms with van der Waals surface area (Å²) in [6.45, 7) is 2.73. The van der Waals surface area contributed by atoms with Gasteiger partial charge in [0, 0.05) is 18.2 Å². The van der Waals surface area contributed by atoms with Crippen LogP contribution in [0, 0.1) is 0 Å². The maximum atomic E-state index is 11.6. The topological polar surface area (TPSA) is 67.8 Å². The van der Waals surface area contributed by atoms with Gasteiger partial charge in [-0.3, -0.25) is 4.79 Å². The van der Waals surface area contributed by atoms with Gasteiger partial charge in [-0.2, -0.15) is 0 Å². The predicted molar refractivity (Wildman–Crippen MR) is 67.0 cm³/mol. The first-order valence-corrected chi connectivity index (χ1v) is 6.03. The van der Waals surface area contributed by atoms with Crippen molar-refractivity contribution in [3.8, 4) is 11.5 Å². The summed E-state index contributed by atoms with van der Waals surface area (Å²) < 4.78 is 10.8. The number of rotatable bonds is 4. The normalized spacial score (nSPS) is 15.0. The molecule has 1 aromatic rings. The number of hydrogen-bond acceptors (Lipinski definition) is 4. The average Bonchev–Trinajstić information content (AvgIpc) is 2.36. The second-order valence-corrected chi connectivity index (χ2v) is 4.29. The average molecular weight is 251 g/mol. The van der Waals surface area contributed by atoms with Crippen LogP contribution in [0.3, 0.4) is 0 Å². The van der Waals surface area contributed by atoms with Crippen molar-refractivity contribution in [3.05, 3.63) is 18.2 Å². The number of aliphatic hydroxyl groups excluding tert-OH is 1. The SMILES string of the molecule is CC(O)CCC(=O)Nc1ccc2c(c1)OCCO2. The molecule has 0 saturated heterocycles. The first-order valence-electron chi connectivity index (χ1n) is 6.03. The Morgan fingerprint density at radius 3 is 2.83 bits per heavy atom. The van der Waals surface area contributed by atoms with E-state index in [-0.39, 0.29) is 5.91 Å². The standard InChI is InChI=1S/C13H17NO4/c1-9(15)2-5-13(16)14-10-3-4-11-12(8-10)18-7-6-17-11/h3-4,8-9,15H,2,5-7H2,1H3,(H,14,16). The summed E-state index contributed by atoms with van der Waals surface area (Å²) >= 11 is 0. The van der Waals surface area contributed by atoms with Crippen LogP contribution in [-0.4, -0.2) is 30.3 Å². The van der Waals surface area contributed by atoms with E-state index in [0.717, 1.165) is 0 Å². The molecule has 0 radical (unpaired) electrons. The fourth-order valence-electron chi connectivity index (χ4n) is 1.68. The third-order valence-electron chi connectivity index (χ3n) is 2.62. The lowest BCUT2D eigenvalue weighted by molar-refractivity contribution is -0.116. The molecule has 5 heteroatoms. The van der Waals surface area contributed by atoms with Crippen LogP contribution in [0.1, 0.15) is 19.8 Å². The summed E-state index contributed by atoms with van der Waals surface area (Å²) in [5, 5.41) is 11.9. The molecule has 2 rings (SSSR count). The fourth-order valence-corrected chi connectivity index (χ4v) is 1.68. The summed E-state index contributed by atoms with van der Waals surface area (Å²) in [6, 6.07) is 5.29. The molecule has 18 heavy (non-hydrogen) atoms. The molecule has 0 bridgehead atoms. The summed E-state index contributed by atoms with van der Waals surface area (Å²) in [7, 11) is 0. The Labute approximate surface area is 106 Å². The van der Waals surface area contributed by atoms with Crippen LogP contribution in [0.4, 0.5) is 5.69 Å². The maximum Gasteiger partial charge on any atom is 0.224 e. The third-order valence-corrected chi connectivity index (χ3v) is 2.62. The molecule has 0 fully saturated rings. The molecule has 1 heterocycles. The van der Waals surface area contributed by atoms with Crippen molar-refractivity contribution < 1.29 is 19.4 Å². The predicted octanol–water partition coefficient (Wildman–Crippen LogP) is 1.56. The van der Waals surface area contributed by atoms with E-state index >= 15 is 0 Å². The van der Waals surface area contributed by atoms with E-state index in [1.807, 2.05) is 0 Å². The van der Waals surface area contributed by atoms with Gasteiger partial charge in [-0.05, 0) is 25.5 Å². The lowest BCUT2D eigenvalue weighted by atomic mass is 10.2. The summed E-state index contributed by atoms with van der Waals surface area (Å²) in [6.07, 6.45) is 0.290. The van der Waals surface area contributed by atoms with E-state index < -0.39 is 6.10 Å². The van der Waals surface area contributed by atoms with Crippen molar-refractivity contribution in [3.63, 3.8) is 0 Å². The molecule has 1 atom stereocenters. The summed E-state index contributed by atoms with van der Waals surface area (Å²) in [5.74, 6) is 1.23. The van der Waals surface area contributed by atoms with Crippen molar-refractivity contribution >= 4 is 11.6 Å². The first kappa shape index (κ1) is 12.7. The zero-order chi connectivity index (χ0) is 13.0. The van der Waals surface area contributed by atoms with Gasteiger partial charge in [0.1, 0.15) is 13.2 Å². The number of anilines is 1. The maximum absolute atomic E-state index is 11.6. The molecule has 1 aromatic carbocycles. The van der Waals surface area contributed by atoms with E-state index in [0.29, 0.717) is 43.2 Å². The number of aliphatic hydroxyl groups is 1. The minimum atomic E-state index is -0.462. The van der Waals surface area contributed by atoms with Crippen LogP contribution < -0.4 is 14.8 Å². The molecule has 0 spiro atoms. The summed E-state index contributed by atoms with van der Waals surface area (Å²) in [5.41, 5.74) is 0.676. The number of amides is 1. The van der Waals surface area contributed by atoms with Crippen molar-refractivity contribution in [1.82, 2.24) is 0 Å². The number of nitrogens with one attached hydrogen (secondary N) is 1. The highest BCUT2D eigenvalue weighted by molar-refractivity contribution is 5.91. The van der Waals surface area contributed by atoms with Gasteiger partial charge in [0.15, 0.2) is 11.5 Å². The van der Waals surface area contributed by atoms with Crippen molar-refractivity contribution in [2.45, 2.75) is 25.9 Å². The van der Waals surface area contributed by atoms with Crippen molar-refractivity contribution in [1.29, 1.82) is 0 Å². The van der Waals surface area contributed by atoms with Crippen LogP contribution in [0.15, 0.2) is 18.2 Å². The number of carbonyl (C=O) groups excluding carboxylic acids is 1. The molecule has 1 aliphatic rings. The zero-order valence-corrected chi connectivity index (χ0v) is 10.3. The number of hydrogen-bond donors (Lipinski definition) is 2. The highest BCUT2D eigenvalue weighted by Crippen LogP contribution is 2.32. The molecular weight excluding hydrogens is 234 g/mol. The Morgan fingerprint density at radius 1 is 1.39 bits per heavy atom. The van der Waals surface area contributed by atoms with Crippen LogP contribution in [0.2, 0.25) is 0 Å². The van der Waals surface area contributed by atoms with Gasteiger partial charge < -0.3 is 19.9 Å². The fraction of sp³-hybridized carbons (Fsp3) is 0.462. The molecule has 0 aromatic heterocycles. The monoisotopic (exact) mass is 251 g/mol. The van der Waals surface area contributed by atoms with Crippen LogP contribution in [-0.2, 0) is 4.79 Å². The molecule has 1 amide bonds. The van der Waals surface area contributed by atoms with Gasteiger partial charge in [-0.25, -0.2) is 0 Å². The highest BCUT2D eigenvalue weighted by Gasteiger charge is 2.12. The number of fused-ring (bicyclic) bond motifs is 1. The molecule has 98 valence electrons. The van der Waals surface area contributed by atoms with Crippen molar-refractivity contribution in [2.75, 3.05) is 18.5 Å². The Balaban J connectivity index is 1.95. The van der Waals surface area contributed by atoms with E-state index in [9.17, 15) is 4.79 Å². The smallest absolute Gasteiger partial charge is 0.224 e. The number of benzene rings is 1. The minimum Gasteiger partial charge on any atom is -0.486 e. The van der Waals surface area contributed by atoms with Gasteiger partial charge in [-0.15, -0.1) is 0 Å². The molecule has 0 aliphatic carbocycles. The van der Waals surface area contributed by atoms with Crippen LogP contribution >= 0.6 is 0 Å². The van der Waals surface area contributed by atoms with E-state index in [2.05, 4.69) is 5.32 Å². The van der Waals surface area contributed by atoms with Gasteiger partial charge in [-0.1, -0.05) is 0 Å².